The number of imide groups is 1. The Balaban J connectivity index is 1.73. The average molecular weight is 453 g/mol. The second kappa shape index (κ2) is 8.57. The van der Waals surface area contributed by atoms with Crippen molar-refractivity contribution in [1.29, 1.82) is 0 Å². The molecule has 4 rings (SSSR count). The van der Waals surface area contributed by atoms with Crippen LogP contribution >= 0.6 is 22.9 Å². The maximum absolute atomic E-state index is 13.4. The number of nitrogens with one attached hydrogen (secondary N) is 1. The van der Waals surface area contributed by atoms with Gasteiger partial charge in [-0.05, 0) is 74.2 Å². The van der Waals surface area contributed by atoms with Gasteiger partial charge in [-0.25, -0.2) is 4.90 Å². The number of nitrogens with zero attached hydrogens (tertiary/aromatic N) is 1. The Hall–Kier alpha value is -3.09. The molecule has 5 nitrogen and oxygen atoms in total. The Kier molecular flexibility index (Phi) is 5.85. The monoisotopic (exact) mass is 452 g/mol. The highest BCUT2D eigenvalue weighted by Gasteiger charge is 2.41. The number of carbonyl (C=O) groups is 2. The third-order valence-corrected chi connectivity index (χ3v) is 5.88. The van der Waals surface area contributed by atoms with E-state index in [2.05, 4.69) is 5.32 Å². The van der Waals surface area contributed by atoms with E-state index in [0.717, 1.165) is 16.2 Å². The summed E-state index contributed by atoms with van der Waals surface area (Å²) in [6.07, 6.45) is 0.0653. The molecular formula is C24H21ClN2O3S. The maximum Gasteiger partial charge on any atom is 0.282 e. The van der Waals surface area contributed by atoms with E-state index in [4.69, 9.17) is 16.3 Å². The number of ether oxygens (including phenoxy) is 1. The molecule has 3 aromatic rings. The molecule has 1 N–H and O–H groups in total. The third kappa shape index (κ3) is 4.22. The first-order valence-corrected chi connectivity index (χ1v) is 11.1. The molecule has 7 heteroatoms. The molecule has 2 heterocycles. The fraction of sp³-hybridized carbons (Fsp3) is 0.167. The van der Waals surface area contributed by atoms with Crippen LogP contribution in [0.3, 0.4) is 0 Å². The summed E-state index contributed by atoms with van der Waals surface area (Å²) in [7, 11) is 0. The molecule has 0 bridgehead atoms. The number of hydrogen-bond donors (Lipinski definition) is 1. The number of benzene rings is 2. The number of anilines is 2. The Morgan fingerprint density at radius 1 is 1.03 bits per heavy atom. The summed E-state index contributed by atoms with van der Waals surface area (Å²) in [5.41, 5.74) is 2.54. The summed E-state index contributed by atoms with van der Waals surface area (Å²) in [5, 5.41) is 5.50. The Morgan fingerprint density at radius 2 is 1.77 bits per heavy atom. The SMILES string of the molecule is Cc1ccc(Cl)cc1N1C(=O)C(Nc2ccc(OC(C)C)cc2)=C(c2cccs2)C1=O. The van der Waals surface area contributed by atoms with Gasteiger partial charge in [-0.15, -0.1) is 11.3 Å². The number of rotatable bonds is 6. The molecule has 0 spiro atoms. The lowest BCUT2D eigenvalue weighted by Crippen LogP contribution is -2.33. The normalized spacial score (nSPS) is 14.0. The van der Waals surface area contributed by atoms with Crippen LogP contribution in [0.1, 0.15) is 24.3 Å². The Morgan fingerprint density at radius 3 is 2.42 bits per heavy atom. The molecule has 1 aromatic heterocycles. The first-order valence-electron chi connectivity index (χ1n) is 9.82. The zero-order valence-electron chi connectivity index (χ0n) is 17.3. The number of carbonyl (C=O) groups excluding carboxylic acids is 2. The van der Waals surface area contributed by atoms with Crippen LogP contribution in [0.4, 0.5) is 11.4 Å². The largest absolute Gasteiger partial charge is 0.491 e. The predicted molar refractivity (Wildman–Crippen MR) is 126 cm³/mol. The van der Waals surface area contributed by atoms with E-state index >= 15 is 0 Å². The van der Waals surface area contributed by atoms with Crippen LogP contribution in [0.5, 0.6) is 5.75 Å². The zero-order chi connectivity index (χ0) is 22.1. The molecule has 0 atom stereocenters. The van der Waals surface area contributed by atoms with Crippen LogP contribution in [0.15, 0.2) is 65.7 Å². The molecule has 0 saturated heterocycles. The van der Waals surface area contributed by atoms with Gasteiger partial charge in [0.05, 0.1) is 17.4 Å². The molecule has 31 heavy (non-hydrogen) atoms. The van der Waals surface area contributed by atoms with Crippen molar-refractivity contribution in [2.45, 2.75) is 26.9 Å². The van der Waals surface area contributed by atoms with Gasteiger partial charge >= 0.3 is 0 Å². The molecule has 0 radical (unpaired) electrons. The topological polar surface area (TPSA) is 58.6 Å². The van der Waals surface area contributed by atoms with Crippen molar-refractivity contribution in [2.24, 2.45) is 0 Å². The summed E-state index contributed by atoms with van der Waals surface area (Å²) in [6.45, 7) is 5.76. The van der Waals surface area contributed by atoms with E-state index in [1.807, 2.05) is 62.5 Å². The molecule has 2 amide bonds. The van der Waals surface area contributed by atoms with Crippen LogP contribution < -0.4 is 15.0 Å². The van der Waals surface area contributed by atoms with Gasteiger partial charge in [-0.1, -0.05) is 23.7 Å². The first-order chi connectivity index (χ1) is 14.8. The number of thiophene rings is 1. The highest BCUT2D eigenvalue weighted by atomic mass is 35.5. The first kappa shape index (κ1) is 21.2. The van der Waals surface area contributed by atoms with E-state index in [1.165, 1.54) is 16.2 Å². The lowest BCUT2D eigenvalue weighted by atomic mass is 10.1. The summed E-state index contributed by atoms with van der Waals surface area (Å²) in [5.74, 6) is -0.0561. The van der Waals surface area contributed by atoms with Crippen molar-refractivity contribution >= 4 is 51.7 Å². The van der Waals surface area contributed by atoms with Crippen LogP contribution in [-0.2, 0) is 9.59 Å². The predicted octanol–water partition coefficient (Wildman–Crippen LogP) is 5.89. The lowest BCUT2D eigenvalue weighted by Gasteiger charge is -2.18. The summed E-state index contributed by atoms with van der Waals surface area (Å²) in [6, 6.07) is 16.2. The highest BCUT2D eigenvalue weighted by Crippen LogP contribution is 2.37. The number of aryl methyl sites for hydroxylation is 1. The van der Waals surface area contributed by atoms with Gasteiger partial charge in [-0.2, -0.15) is 0 Å². The molecule has 0 fully saturated rings. The average Bonchev–Trinajstić information content (AvgIpc) is 3.32. The molecule has 0 aliphatic carbocycles. The highest BCUT2D eigenvalue weighted by molar-refractivity contribution is 7.11. The van der Waals surface area contributed by atoms with Crippen LogP contribution in [0.2, 0.25) is 5.02 Å². The van der Waals surface area contributed by atoms with E-state index < -0.39 is 5.91 Å². The standard InChI is InChI=1S/C24H21ClN2O3S/c1-14(2)30-18-10-8-17(9-11-18)26-22-21(20-5-4-12-31-20)23(28)27(24(22)29)19-13-16(25)7-6-15(19)3/h4-14,26H,1-3H3. The van der Waals surface area contributed by atoms with E-state index in [9.17, 15) is 9.59 Å². The van der Waals surface area contributed by atoms with E-state index in [-0.39, 0.29) is 17.7 Å². The molecular weight excluding hydrogens is 432 g/mol. The second-order valence-electron chi connectivity index (χ2n) is 7.42. The molecule has 1 aliphatic heterocycles. The summed E-state index contributed by atoms with van der Waals surface area (Å²) < 4.78 is 5.68. The summed E-state index contributed by atoms with van der Waals surface area (Å²) in [4.78, 5) is 28.7. The molecule has 158 valence electrons. The summed E-state index contributed by atoms with van der Waals surface area (Å²) >= 11 is 7.57. The van der Waals surface area contributed by atoms with Gasteiger partial charge < -0.3 is 10.1 Å². The minimum Gasteiger partial charge on any atom is -0.491 e. The van der Waals surface area contributed by atoms with Crippen molar-refractivity contribution in [3.8, 4) is 5.75 Å². The van der Waals surface area contributed by atoms with Crippen molar-refractivity contribution in [3.05, 3.63) is 81.1 Å². The van der Waals surface area contributed by atoms with Crippen LogP contribution in [-0.4, -0.2) is 17.9 Å². The molecule has 0 saturated carbocycles. The van der Waals surface area contributed by atoms with Crippen molar-refractivity contribution in [1.82, 2.24) is 0 Å². The van der Waals surface area contributed by atoms with Crippen molar-refractivity contribution < 1.29 is 14.3 Å². The molecule has 1 aliphatic rings. The van der Waals surface area contributed by atoms with Crippen LogP contribution in [0, 0.1) is 6.92 Å². The van der Waals surface area contributed by atoms with Gasteiger partial charge in [0.2, 0.25) is 0 Å². The van der Waals surface area contributed by atoms with E-state index in [1.54, 1.807) is 18.2 Å². The lowest BCUT2D eigenvalue weighted by molar-refractivity contribution is -0.120. The van der Waals surface area contributed by atoms with Crippen molar-refractivity contribution in [2.75, 3.05) is 10.2 Å². The van der Waals surface area contributed by atoms with Gasteiger partial charge in [0, 0.05) is 15.6 Å². The smallest absolute Gasteiger partial charge is 0.282 e. The van der Waals surface area contributed by atoms with Gasteiger partial charge in [0.25, 0.3) is 11.8 Å². The number of amides is 2. The van der Waals surface area contributed by atoms with Gasteiger partial charge in [-0.3, -0.25) is 9.59 Å². The number of halogens is 1. The Bertz CT molecular complexity index is 1170. The zero-order valence-corrected chi connectivity index (χ0v) is 18.9. The Labute approximate surface area is 189 Å². The quantitative estimate of drug-likeness (QED) is 0.473. The molecule has 2 aromatic carbocycles. The number of hydrogen-bond acceptors (Lipinski definition) is 5. The maximum atomic E-state index is 13.4. The molecule has 0 unspecified atom stereocenters. The third-order valence-electron chi connectivity index (χ3n) is 4.76. The minimum atomic E-state index is -0.415. The fourth-order valence-electron chi connectivity index (χ4n) is 3.37. The van der Waals surface area contributed by atoms with Crippen molar-refractivity contribution in [3.63, 3.8) is 0 Å². The second-order valence-corrected chi connectivity index (χ2v) is 8.80. The van der Waals surface area contributed by atoms with Crippen LogP contribution in [0.25, 0.3) is 5.57 Å². The van der Waals surface area contributed by atoms with E-state index in [0.29, 0.717) is 22.0 Å². The minimum absolute atomic E-state index is 0.0653. The van der Waals surface area contributed by atoms with Gasteiger partial charge in [0.1, 0.15) is 11.4 Å². The van der Waals surface area contributed by atoms with Gasteiger partial charge in [0.15, 0.2) is 0 Å². The fourth-order valence-corrected chi connectivity index (χ4v) is 4.31.